The smallest absolute Gasteiger partial charge is 0.142 e. The van der Waals surface area contributed by atoms with Gasteiger partial charge in [-0.25, -0.2) is 0 Å². The Morgan fingerprint density at radius 3 is 1.45 bits per heavy atom. The minimum atomic E-state index is -0.517. The summed E-state index contributed by atoms with van der Waals surface area (Å²) in [5.74, 6) is 1.82. The predicted octanol–water partition coefficient (Wildman–Crippen LogP) is 14.7. The fraction of sp³-hybridized carbons (Fsp3) is 0.0714. The molecule has 3 aliphatic carbocycles. The maximum Gasteiger partial charge on any atom is 0.142 e. The molecule has 2 nitrogen and oxygen atoms in total. The number of benzene rings is 8. The van der Waals surface area contributed by atoms with E-state index in [4.69, 9.17) is 4.42 Å². The van der Waals surface area contributed by atoms with Crippen molar-refractivity contribution < 1.29 is 4.42 Å². The van der Waals surface area contributed by atoms with Gasteiger partial charge in [0.05, 0.1) is 5.41 Å². The molecule has 1 spiro atoms. The van der Waals surface area contributed by atoms with Crippen LogP contribution in [0.3, 0.4) is 0 Å². The van der Waals surface area contributed by atoms with Crippen molar-refractivity contribution >= 4 is 17.1 Å². The van der Waals surface area contributed by atoms with Crippen LogP contribution in [0.5, 0.6) is 0 Å². The zero-order valence-electron chi connectivity index (χ0n) is 32.4. The van der Waals surface area contributed by atoms with Crippen molar-refractivity contribution in [2.45, 2.75) is 24.7 Å². The molecule has 12 rings (SSSR count). The highest BCUT2D eigenvalue weighted by atomic mass is 16.3. The molecule has 0 amide bonds. The number of para-hydroxylation sites is 1. The highest BCUT2D eigenvalue weighted by molar-refractivity contribution is 6.02. The Morgan fingerprint density at radius 2 is 0.810 bits per heavy atom. The summed E-state index contributed by atoms with van der Waals surface area (Å²) in [6.07, 6.45) is 0. The molecule has 0 saturated carbocycles. The summed E-state index contributed by atoms with van der Waals surface area (Å²) in [5, 5.41) is 0. The van der Waals surface area contributed by atoms with E-state index in [1.165, 1.54) is 66.8 Å². The lowest BCUT2D eigenvalue weighted by Crippen LogP contribution is -2.26. The van der Waals surface area contributed by atoms with E-state index in [1.54, 1.807) is 0 Å². The standard InChI is InChI=1S/C56H39NO/c1-55(2)46-25-13-9-21-41(46)44-34-33-40(35-50(44)55)57(38-19-7-4-8-20-38)39-31-29-37(30-32-39)53-51-45-24-12-16-28-49(45)56(52(51)54(58-53)36-17-5-3-6-18-36)47-26-14-10-22-42(47)43-23-11-15-27-48(43)56/h3-35H,1-2H3. The van der Waals surface area contributed by atoms with Crippen LogP contribution in [-0.2, 0) is 10.8 Å². The molecule has 0 radical (unpaired) electrons. The van der Waals surface area contributed by atoms with E-state index in [9.17, 15) is 0 Å². The fourth-order valence-corrected chi connectivity index (χ4v) is 10.6. The zero-order chi connectivity index (χ0) is 38.6. The number of hydrogen-bond donors (Lipinski definition) is 0. The minimum Gasteiger partial charge on any atom is -0.455 e. The number of nitrogens with zero attached hydrogens (tertiary/aromatic N) is 1. The van der Waals surface area contributed by atoms with Crippen LogP contribution in [0.15, 0.2) is 205 Å². The van der Waals surface area contributed by atoms with E-state index >= 15 is 0 Å². The normalized spacial score (nSPS) is 14.3. The van der Waals surface area contributed by atoms with Crippen LogP contribution in [0, 0.1) is 0 Å². The number of rotatable bonds is 5. The summed E-state index contributed by atoms with van der Waals surface area (Å²) in [7, 11) is 0. The van der Waals surface area contributed by atoms with Crippen LogP contribution >= 0.6 is 0 Å². The molecule has 1 aromatic heterocycles. The molecule has 0 aliphatic heterocycles. The maximum atomic E-state index is 7.29. The zero-order valence-corrected chi connectivity index (χ0v) is 32.4. The van der Waals surface area contributed by atoms with E-state index < -0.39 is 5.41 Å². The number of anilines is 3. The second-order valence-corrected chi connectivity index (χ2v) is 16.4. The van der Waals surface area contributed by atoms with Crippen LogP contribution < -0.4 is 4.90 Å². The van der Waals surface area contributed by atoms with Gasteiger partial charge in [-0.3, -0.25) is 0 Å². The number of hydrogen-bond acceptors (Lipinski definition) is 2. The third kappa shape index (κ3) is 4.38. The van der Waals surface area contributed by atoms with E-state index in [0.717, 1.165) is 39.7 Å². The maximum absolute atomic E-state index is 7.29. The third-order valence-electron chi connectivity index (χ3n) is 13.1. The van der Waals surface area contributed by atoms with Gasteiger partial charge < -0.3 is 9.32 Å². The Hall–Kier alpha value is -7.16. The van der Waals surface area contributed by atoms with Crippen molar-refractivity contribution in [1.29, 1.82) is 0 Å². The molecule has 2 heteroatoms. The van der Waals surface area contributed by atoms with Crippen molar-refractivity contribution in [3.8, 4) is 56.0 Å². The van der Waals surface area contributed by atoms with E-state index in [-0.39, 0.29) is 5.41 Å². The first-order valence-electron chi connectivity index (χ1n) is 20.3. The highest BCUT2D eigenvalue weighted by Gasteiger charge is 2.55. The lowest BCUT2D eigenvalue weighted by atomic mass is 9.70. The minimum absolute atomic E-state index is 0.0989. The van der Waals surface area contributed by atoms with E-state index in [1.807, 2.05) is 0 Å². The Balaban J connectivity index is 1.05. The highest BCUT2D eigenvalue weighted by Crippen LogP contribution is 2.66. The molecule has 0 unspecified atom stereocenters. The molecule has 0 atom stereocenters. The van der Waals surface area contributed by atoms with E-state index in [0.29, 0.717) is 0 Å². The van der Waals surface area contributed by atoms with Crippen LogP contribution in [0.1, 0.15) is 47.2 Å². The first-order chi connectivity index (χ1) is 28.5. The molecule has 58 heavy (non-hydrogen) atoms. The summed E-state index contributed by atoms with van der Waals surface area (Å²) in [5.41, 5.74) is 20.3. The van der Waals surface area contributed by atoms with Crippen molar-refractivity contribution in [2.75, 3.05) is 4.90 Å². The molecule has 0 fully saturated rings. The number of fused-ring (bicyclic) bond motifs is 13. The molecule has 9 aromatic rings. The summed E-state index contributed by atoms with van der Waals surface area (Å²) >= 11 is 0. The van der Waals surface area contributed by atoms with Gasteiger partial charge in [-0.05, 0) is 104 Å². The molecular formula is C56H39NO. The van der Waals surface area contributed by atoms with Crippen molar-refractivity contribution in [1.82, 2.24) is 0 Å². The Kier molecular flexibility index (Phi) is 6.93. The first kappa shape index (κ1) is 33.0. The largest absolute Gasteiger partial charge is 0.455 e. The molecule has 0 N–H and O–H groups in total. The summed E-state index contributed by atoms with van der Waals surface area (Å²) in [4.78, 5) is 2.38. The Bertz CT molecular complexity index is 3030. The van der Waals surface area contributed by atoms with Gasteiger partial charge in [0, 0.05) is 44.7 Å². The Morgan fingerprint density at radius 1 is 0.362 bits per heavy atom. The van der Waals surface area contributed by atoms with Gasteiger partial charge in [0.2, 0.25) is 0 Å². The lowest BCUT2D eigenvalue weighted by Gasteiger charge is -2.30. The van der Waals surface area contributed by atoms with Crippen LogP contribution in [0.4, 0.5) is 17.1 Å². The van der Waals surface area contributed by atoms with Crippen LogP contribution in [0.2, 0.25) is 0 Å². The third-order valence-corrected chi connectivity index (χ3v) is 13.1. The SMILES string of the molecule is CC1(C)c2ccccc2-c2ccc(N(c3ccccc3)c3ccc(-c4oc(-c5ccccc5)c5c4-c4ccccc4C54c5ccccc5-c5ccccc54)cc3)cc21. The van der Waals surface area contributed by atoms with Gasteiger partial charge >= 0.3 is 0 Å². The molecule has 0 saturated heterocycles. The van der Waals surface area contributed by atoms with Crippen molar-refractivity contribution in [2.24, 2.45) is 0 Å². The van der Waals surface area contributed by atoms with Crippen LogP contribution in [-0.4, -0.2) is 0 Å². The number of furan rings is 1. The second-order valence-electron chi connectivity index (χ2n) is 16.4. The monoisotopic (exact) mass is 741 g/mol. The van der Waals surface area contributed by atoms with E-state index in [2.05, 4.69) is 219 Å². The Labute approximate surface area is 339 Å². The van der Waals surface area contributed by atoms with Gasteiger partial charge in [0.15, 0.2) is 0 Å². The van der Waals surface area contributed by atoms with Crippen molar-refractivity contribution in [3.05, 3.63) is 234 Å². The quantitative estimate of drug-likeness (QED) is 0.175. The summed E-state index contributed by atoms with van der Waals surface area (Å²) in [6.45, 7) is 4.69. The molecule has 274 valence electrons. The molecular weight excluding hydrogens is 703 g/mol. The average Bonchev–Trinajstić information content (AvgIpc) is 3.98. The van der Waals surface area contributed by atoms with Gasteiger partial charge in [-0.2, -0.15) is 0 Å². The topological polar surface area (TPSA) is 16.4 Å². The fourth-order valence-electron chi connectivity index (χ4n) is 10.6. The molecule has 3 aliphatic rings. The average molecular weight is 742 g/mol. The van der Waals surface area contributed by atoms with Gasteiger partial charge in [0.25, 0.3) is 0 Å². The molecule has 0 bridgehead atoms. The summed E-state index contributed by atoms with van der Waals surface area (Å²) < 4.78 is 7.29. The molecule has 8 aromatic carbocycles. The predicted molar refractivity (Wildman–Crippen MR) is 238 cm³/mol. The van der Waals surface area contributed by atoms with Crippen molar-refractivity contribution in [3.63, 3.8) is 0 Å². The van der Waals surface area contributed by atoms with Crippen LogP contribution in [0.25, 0.3) is 56.0 Å². The second kappa shape index (κ2) is 12.2. The summed E-state index contributed by atoms with van der Waals surface area (Å²) in [6, 6.07) is 73.1. The van der Waals surface area contributed by atoms with Gasteiger partial charge in [-0.1, -0.05) is 166 Å². The first-order valence-corrected chi connectivity index (χ1v) is 20.3. The van der Waals surface area contributed by atoms with Gasteiger partial charge in [0.1, 0.15) is 11.5 Å². The van der Waals surface area contributed by atoms with Gasteiger partial charge in [-0.15, -0.1) is 0 Å². The lowest BCUT2D eigenvalue weighted by molar-refractivity contribution is 0.588. The molecule has 1 heterocycles.